The van der Waals surface area contributed by atoms with Gasteiger partial charge in [-0.25, -0.2) is 0 Å². The predicted octanol–water partition coefficient (Wildman–Crippen LogP) is 1.49. The summed E-state index contributed by atoms with van der Waals surface area (Å²) in [6.07, 6.45) is 0. The molecule has 3 heteroatoms. The zero-order valence-electron chi connectivity index (χ0n) is 3.39. The second-order valence-corrected chi connectivity index (χ2v) is 0. The molecule has 5 heavy (non-hydrogen) atoms. The van der Waals surface area contributed by atoms with Crippen LogP contribution in [0.25, 0.3) is 0 Å². The number of hydrogen-bond acceptors (Lipinski definition) is 0. The highest BCUT2D eigenvalue weighted by molar-refractivity contribution is 5.85. The first kappa shape index (κ1) is 45.0. The molecule has 0 aliphatic heterocycles. The fourth-order valence-corrected chi connectivity index (χ4v) is 0. The van der Waals surface area contributed by atoms with Crippen molar-refractivity contribution in [3.8, 4) is 0 Å². The molecule has 0 unspecified atom stereocenters. The van der Waals surface area contributed by atoms with E-state index in [1.54, 1.807) is 0 Å². The Bertz CT molecular complexity index is 7.61. The van der Waals surface area contributed by atoms with Gasteiger partial charge in [0.05, 0.1) is 0 Å². The molecule has 0 bridgehead atoms. The molecule has 0 fully saturated rings. The molecule has 0 aromatic heterocycles. The van der Waals surface area contributed by atoms with Gasteiger partial charge in [-0.2, -0.15) is 0 Å². The minimum atomic E-state index is 0. The Labute approximate surface area is 47.7 Å². The highest BCUT2D eigenvalue weighted by Crippen LogP contribution is 1.14. The van der Waals surface area contributed by atoms with Crippen molar-refractivity contribution >= 4 is 33.2 Å². The van der Waals surface area contributed by atoms with Gasteiger partial charge >= 0.3 is 0 Å². The van der Waals surface area contributed by atoms with Crippen molar-refractivity contribution < 1.29 is 0 Å². The fourth-order valence-electron chi connectivity index (χ4n) is 0. The standard InChI is InChI=1S/C2H6.B.2ClH/c1-2;;;/h1-2H3;;2*1H. The van der Waals surface area contributed by atoms with E-state index in [1.165, 1.54) is 0 Å². The van der Waals surface area contributed by atoms with E-state index in [4.69, 9.17) is 0 Å². The van der Waals surface area contributed by atoms with E-state index in [9.17, 15) is 0 Å². The average molecular weight is 114 g/mol. The number of hydrogen-bond donors (Lipinski definition) is 0. The largest absolute Gasteiger partial charge is 0.147 e. The van der Waals surface area contributed by atoms with E-state index >= 15 is 0 Å². The maximum atomic E-state index is 2.00. The van der Waals surface area contributed by atoms with Gasteiger partial charge < -0.3 is 0 Å². The first-order chi connectivity index (χ1) is 1.00. The summed E-state index contributed by atoms with van der Waals surface area (Å²) in [6.45, 7) is 4.00. The first-order valence-corrected chi connectivity index (χ1v) is 1.00. The van der Waals surface area contributed by atoms with Crippen molar-refractivity contribution in [1.29, 1.82) is 0 Å². The third kappa shape index (κ3) is 78.1. The zero-order valence-corrected chi connectivity index (χ0v) is 5.03. The van der Waals surface area contributed by atoms with E-state index in [2.05, 4.69) is 0 Å². The van der Waals surface area contributed by atoms with Crippen molar-refractivity contribution in [1.82, 2.24) is 0 Å². The lowest BCUT2D eigenvalue weighted by atomic mass is 10.8. The van der Waals surface area contributed by atoms with Crippen molar-refractivity contribution in [2.24, 2.45) is 0 Å². The summed E-state index contributed by atoms with van der Waals surface area (Å²) in [4.78, 5) is 0. The van der Waals surface area contributed by atoms with Crippen LogP contribution in [0.4, 0.5) is 0 Å². The van der Waals surface area contributed by atoms with Gasteiger partial charge in [0.2, 0.25) is 0 Å². The number of rotatable bonds is 0. The molecule has 0 saturated carbocycles. The SMILES string of the molecule is CC.Cl.Cl.[B]. The van der Waals surface area contributed by atoms with Gasteiger partial charge in [0, 0.05) is 8.41 Å². The van der Waals surface area contributed by atoms with Crippen LogP contribution in [0.5, 0.6) is 0 Å². The van der Waals surface area contributed by atoms with Gasteiger partial charge in [-0.15, -0.1) is 24.8 Å². The molecule has 0 heterocycles. The smallest absolute Gasteiger partial charge is 0 e. The van der Waals surface area contributed by atoms with Gasteiger partial charge in [-0.3, -0.25) is 0 Å². The molecule has 0 aromatic carbocycles. The Morgan fingerprint density at radius 1 is 0.800 bits per heavy atom. The Balaban J connectivity index is -0.00000000167. The van der Waals surface area contributed by atoms with Gasteiger partial charge in [-0.1, -0.05) is 13.8 Å². The van der Waals surface area contributed by atoms with Gasteiger partial charge in [-0.05, 0) is 0 Å². The van der Waals surface area contributed by atoms with Crippen LogP contribution in [-0.2, 0) is 0 Å². The lowest BCUT2D eigenvalue weighted by molar-refractivity contribution is 1.50. The van der Waals surface area contributed by atoms with Crippen LogP contribution in [0.3, 0.4) is 0 Å². The van der Waals surface area contributed by atoms with Gasteiger partial charge in [0.15, 0.2) is 0 Å². The Hall–Kier alpha value is 0.645. The monoisotopic (exact) mass is 113 g/mol. The zero-order chi connectivity index (χ0) is 2.00. The van der Waals surface area contributed by atoms with Crippen molar-refractivity contribution in [3.05, 3.63) is 0 Å². The molecule has 0 saturated heterocycles. The Kier molecular flexibility index (Phi) is 1340. The molecular weight excluding hydrogens is 106 g/mol. The van der Waals surface area contributed by atoms with Crippen LogP contribution >= 0.6 is 24.8 Å². The van der Waals surface area contributed by atoms with Crippen molar-refractivity contribution in [2.75, 3.05) is 0 Å². The fraction of sp³-hybridized carbons (Fsp3) is 1.00. The maximum Gasteiger partial charge on any atom is 0 e. The summed E-state index contributed by atoms with van der Waals surface area (Å²) >= 11 is 0. The Morgan fingerprint density at radius 3 is 0.800 bits per heavy atom. The van der Waals surface area contributed by atoms with Crippen LogP contribution < -0.4 is 0 Å². The molecule has 0 aromatic rings. The molecule has 0 amide bonds. The number of halogens is 2. The van der Waals surface area contributed by atoms with Crippen LogP contribution in [-0.4, -0.2) is 8.41 Å². The normalized spacial score (nSPS) is 1.20. The summed E-state index contributed by atoms with van der Waals surface area (Å²) in [5.41, 5.74) is 0. The van der Waals surface area contributed by atoms with Crippen molar-refractivity contribution in [3.63, 3.8) is 0 Å². The van der Waals surface area contributed by atoms with E-state index in [-0.39, 0.29) is 33.2 Å². The van der Waals surface area contributed by atoms with Crippen molar-refractivity contribution in [2.45, 2.75) is 13.8 Å². The summed E-state index contributed by atoms with van der Waals surface area (Å²) in [5, 5.41) is 0. The lowest BCUT2D eigenvalue weighted by Gasteiger charge is -1.07. The average Bonchev–Trinajstić information content (AvgIpc) is 1.00. The lowest BCUT2D eigenvalue weighted by Crippen LogP contribution is -0.856. The third-order valence-corrected chi connectivity index (χ3v) is 0. The third-order valence-electron chi connectivity index (χ3n) is 0. The molecular formula is C2H8BCl2. The summed E-state index contributed by atoms with van der Waals surface area (Å²) < 4.78 is 0. The highest BCUT2D eigenvalue weighted by Gasteiger charge is 0.932. The summed E-state index contributed by atoms with van der Waals surface area (Å²) in [5.74, 6) is 0. The molecule has 33 valence electrons. The minimum Gasteiger partial charge on any atom is -0.147 e. The van der Waals surface area contributed by atoms with E-state index < -0.39 is 0 Å². The van der Waals surface area contributed by atoms with Crippen LogP contribution in [0.2, 0.25) is 0 Å². The van der Waals surface area contributed by atoms with Gasteiger partial charge in [0.1, 0.15) is 0 Å². The molecule has 0 aliphatic rings. The quantitative estimate of drug-likeness (QED) is 0.418. The second-order valence-electron chi connectivity index (χ2n) is 0. The highest BCUT2D eigenvalue weighted by atomic mass is 35.5. The molecule has 0 nitrogen and oxygen atoms in total. The first-order valence-electron chi connectivity index (χ1n) is 1.00. The van der Waals surface area contributed by atoms with Crippen LogP contribution in [0.1, 0.15) is 13.8 Å². The van der Waals surface area contributed by atoms with Gasteiger partial charge in [0.25, 0.3) is 0 Å². The molecule has 0 N–H and O–H groups in total. The van der Waals surface area contributed by atoms with E-state index in [0.29, 0.717) is 0 Å². The molecule has 0 rings (SSSR count). The Morgan fingerprint density at radius 2 is 0.800 bits per heavy atom. The summed E-state index contributed by atoms with van der Waals surface area (Å²) in [6, 6.07) is 0. The molecule has 3 radical (unpaired) electrons. The predicted molar refractivity (Wildman–Crippen MR) is 31.6 cm³/mol. The maximum absolute atomic E-state index is 2.00. The van der Waals surface area contributed by atoms with E-state index in [1.807, 2.05) is 13.8 Å². The second kappa shape index (κ2) is 148. The topological polar surface area (TPSA) is 0 Å². The molecule has 0 atom stereocenters. The van der Waals surface area contributed by atoms with E-state index in [0.717, 1.165) is 0 Å². The minimum absolute atomic E-state index is 0. The van der Waals surface area contributed by atoms with Crippen LogP contribution in [0.15, 0.2) is 0 Å². The summed E-state index contributed by atoms with van der Waals surface area (Å²) in [7, 11) is 0. The molecule has 0 spiro atoms. The molecule has 0 aliphatic carbocycles. The van der Waals surface area contributed by atoms with Crippen LogP contribution in [0, 0.1) is 0 Å².